The summed E-state index contributed by atoms with van der Waals surface area (Å²) in [4.78, 5) is 15.4. The van der Waals surface area contributed by atoms with E-state index in [-0.39, 0.29) is 0 Å². The zero-order chi connectivity index (χ0) is 17.6. The van der Waals surface area contributed by atoms with E-state index in [0.29, 0.717) is 17.2 Å². The quantitative estimate of drug-likeness (QED) is 0.423. The minimum atomic E-state index is -0.606. The number of ether oxygens (including phenoxy) is 2. The summed E-state index contributed by atoms with van der Waals surface area (Å²) >= 11 is 0. The van der Waals surface area contributed by atoms with Gasteiger partial charge in [-0.25, -0.2) is 10.5 Å². The van der Waals surface area contributed by atoms with Crippen molar-refractivity contribution < 1.29 is 19.5 Å². The Morgan fingerprint density at radius 1 is 1.04 bits per heavy atom. The molecule has 25 heavy (non-hydrogen) atoms. The van der Waals surface area contributed by atoms with E-state index in [2.05, 4.69) is 4.98 Å². The lowest BCUT2D eigenvalue weighted by atomic mass is 10.2. The number of hydrogen-bond donors (Lipinski definition) is 2. The third-order valence-corrected chi connectivity index (χ3v) is 3.49. The zero-order valence-electron chi connectivity index (χ0n) is 13.5. The number of hydroxylamine groups is 1. The number of carbonyl (C=O) groups excluding carboxylic acids is 1. The topological polar surface area (TPSA) is 80.7 Å². The van der Waals surface area contributed by atoms with Crippen LogP contribution in [0.4, 0.5) is 0 Å². The lowest BCUT2D eigenvalue weighted by Gasteiger charge is -2.08. The molecule has 0 saturated heterocycles. The number of fused-ring (bicyclic) bond motifs is 1. The molecule has 6 nitrogen and oxygen atoms in total. The van der Waals surface area contributed by atoms with E-state index in [4.69, 9.17) is 14.7 Å². The highest BCUT2D eigenvalue weighted by Gasteiger charge is 2.02. The molecule has 3 rings (SSSR count). The molecule has 0 saturated carbocycles. The molecule has 1 heterocycles. The number of methoxy groups -OCH3 is 1. The predicted octanol–water partition coefficient (Wildman–Crippen LogP) is 3.55. The van der Waals surface area contributed by atoms with Crippen molar-refractivity contribution >= 4 is 22.9 Å². The Labute approximate surface area is 144 Å². The molecule has 1 aromatic heterocycles. The number of rotatable bonds is 5. The molecular formula is C19H16N2O4. The summed E-state index contributed by atoms with van der Waals surface area (Å²) in [6, 6.07) is 16.6. The van der Waals surface area contributed by atoms with Crippen molar-refractivity contribution in [3.8, 4) is 17.2 Å². The number of nitrogens with one attached hydrogen (secondary N) is 1. The molecule has 0 aliphatic rings. The van der Waals surface area contributed by atoms with Gasteiger partial charge in [-0.05, 0) is 54.6 Å². The molecule has 0 aliphatic heterocycles. The van der Waals surface area contributed by atoms with Gasteiger partial charge in [0.05, 0.1) is 18.3 Å². The predicted molar refractivity (Wildman–Crippen MR) is 93.8 cm³/mol. The molecule has 1 amide bonds. The van der Waals surface area contributed by atoms with Crippen molar-refractivity contribution in [2.24, 2.45) is 0 Å². The van der Waals surface area contributed by atoms with Crippen LogP contribution in [0, 0.1) is 0 Å². The molecule has 2 N–H and O–H groups in total. The van der Waals surface area contributed by atoms with E-state index in [0.717, 1.165) is 16.7 Å². The molecule has 0 radical (unpaired) electrons. The SMILES string of the molecule is COc1ccc(Oc2ccc3nc(/C=C/C(=O)NO)ccc3c2)cc1. The fourth-order valence-corrected chi connectivity index (χ4v) is 2.25. The summed E-state index contributed by atoms with van der Waals surface area (Å²) in [5, 5.41) is 9.39. The van der Waals surface area contributed by atoms with E-state index in [1.54, 1.807) is 13.2 Å². The van der Waals surface area contributed by atoms with Crippen LogP contribution in [0.1, 0.15) is 5.69 Å². The van der Waals surface area contributed by atoms with Crippen molar-refractivity contribution in [1.82, 2.24) is 10.5 Å². The first kappa shape index (κ1) is 16.5. The Balaban J connectivity index is 1.80. The van der Waals surface area contributed by atoms with Crippen LogP contribution < -0.4 is 15.0 Å². The van der Waals surface area contributed by atoms with Crippen LogP contribution in [0.25, 0.3) is 17.0 Å². The van der Waals surface area contributed by atoms with Crippen LogP contribution in [0.5, 0.6) is 17.2 Å². The van der Waals surface area contributed by atoms with Gasteiger partial charge in [0, 0.05) is 11.5 Å². The Kier molecular flexibility index (Phi) is 4.92. The van der Waals surface area contributed by atoms with Gasteiger partial charge in [0.2, 0.25) is 0 Å². The summed E-state index contributed by atoms with van der Waals surface area (Å²) < 4.78 is 11.0. The number of pyridine rings is 1. The summed E-state index contributed by atoms with van der Waals surface area (Å²) in [5.41, 5.74) is 2.92. The van der Waals surface area contributed by atoms with E-state index < -0.39 is 5.91 Å². The molecule has 126 valence electrons. The van der Waals surface area contributed by atoms with Crippen LogP contribution in [-0.2, 0) is 4.79 Å². The standard InChI is InChI=1S/C19H16N2O4/c1-24-15-5-7-16(8-6-15)25-17-9-10-18-13(12-17)2-3-14(20-18)4-11-19(22)21-23/h2-12,23H,1H3,(H,21,22)/b11-4+. The highest BCUT2D eigenvalue weighted by molar-refractivity contribution is 5.91. The highest BCUT2D eigenvalue weighted by Crippen LogP contribution is 2.26. The van der Waals surface area contributed by atoms with Crippen LogP contribution in [0.15, 0.2) is 60.7 Å². The Morgan fingerprint density at radius 2 is 1.76 bits per heavy atom. The van der Waals surface area contributed by atoms with Crippen molar-refractivity contribution in [3.63, 3.8) is 0 Å². The molecule has 0 unspecified atom stereocenters. The molecule has 6 heteroatoms. The normalized spacial score (nSPS) is 10.8. The number of nitrogens with zero attached hydrogens (tertiary/aromatic N) is 1. The van der Waals surface area contributed by atoms with Crippen LogP contribution >= 0.6 is 0 Å². The first-order chi connectivity index (χ1) is 12.2. The van der Waals surface area contributed by atoms with Crippen LogP contribution in [0.3, 0.4) is 0 Å². The van der Waals surface area contributed by atoms with Crippen molar-refractivity contribution in [3.05, 3.63) is 66.4 Å². The number of benzene rings is 2. The first-order valence-electron chi connectivity index (χ1n) is 7.53. The second-order valence-electron chi connectivity index (χ2n) is 5.18. The largest absolute Gasteiger partial charge is 0.497 e. The molecular weight excluding hydrogens is 320 g/mol. The molecule has 2 aromatic carbocycles. The maximum Gasteiger partial charge on any atom is 0.267 e. The fraction of sp³-hybridized carbons (Fsp3) is 0.0526. The lowest BCUT2D eigenvalue weighted by molar-refractivity contribution is -0.124. The third-order valence-electron chi connectivity index (χ3n) is 3.49. The third kappa shape index (κ3) is 4.13. The Morgan fingerprint density at radius 3 is 2.48 bits per heavy atom. The maximum absolute atomic E-state index is 11.0. The molecule has 3 aromatic rings. The summed E-state index contributed by atoms with van der Waals surface area (Å²) in [6.45, 7) is 0. The maximum atomic E-state index is 11.0. The molecule has 0 atom stereocenters. The minimum absolute atomic E-state index is 0.606. The number of aromatic nitrogens is 1. The monoisotopic (exact) mass is 336 g/mol. The van der Waals surface area contributed by atoms with Crippen LogP contribution in [-0.4, -0.2) is 23.2 Å². The van der Waals surface area contributed by atoms with Gasteiger partial charge in [0.1, 0.15) is 17.2 Å². The van der Waals surface area contributed by atoms with Crippen molar-refractivity contribution in [2.45, 2.75) is 0 Å². The van der Waals surface area contributed by atoms with Crippen LogP contribution in [0.2, 0.25) is 0 Å². The van der Waals surface area contributed by atoms with Gasteiger partial charge >= 0.3 is 0 Å². The smallest absolute Gasteiger partial charge is 0.267 e. The van der Waals surface area contributed by atoms with Gasteiger partial charge in [-0.15, -0.1) is 0 Å². The van der Waals surface area contributed by atoms with Gasteiger partial charge in [0.25, 0.3) is 5.91 Å². The minimum Gasteiger partial charge on any atom is -0.497 e. The zero-order valence-corrected chi connectivity index (χ0v) is 13.5. The number of amides is 1. The van der Waals surface area contributed by atoms with E-state index >= 15 is 0 Å². The average Bonchev–Trinajstić information content (AvgIpc) is 2.66. The highest BCUT2D eigenvalue weighted by atomic mass is 16.5. The number of carbonyl (C=O) groups is 1. The van der Waals surface area contributed by atoms with Gasteiger partial charge in [-0.1, -0.05) is 6.07 Å². The van der Waals surface area contributed by atoms with Gasteiger partial charge in [0.15, 0.2) is 0 Å². The van der Waals surface area contributed by atoms with E-state index in [1.807, 2.05) is 48.5 Å². The van der Waals surface area contributed by atoms with E-state index in [9.17, 15) is 4.79 Å². The lowest BCUT2D eigenvalue weighted by Crippen LogP contribution is -2.14. The molecule has 0 bridgehead atoms. The average molecular weight is 336 g/mol. The summed E-state index contributed by atoms with van der Waals surface area (Å²) in [7, 11) is 1.62. The van der Waals surface area contributed by atoms with Gasteiger partial charge in [-0.3, -0.25) is 10.0 Å². The molecule has 0 spiro atoms. The first-order valence-corrected chi connectivity index (χ1v) is 7.53. The van der Waals surface area contributed by atoms with Gasteiger partial charge in [-0.2, -0.15) is 0 Å². The second kappa shape index (κ2) is 7.46. The summed E-state index contributed by atoms with van der Waals surface area (Å²) in [5.74, 6) is 1.57. The van der Waals surface area contributed by atoms with Gasteiger partial charge < -0.3 is 9.47 Å². The Bertz CT molecular complexity index is 920. The second-order valence-corrected chi connectivity index (χ2v) is 5.18. The Hall–Kier alpha value is -3.38. The van der Waals surface area contributed by atoms with Crippen molar-refractivity contribution in [1.29, 1.82) is 0 Å². The fourth-order valence-electron chi connectivity index (χ4n) is 2.25. The summed E-state index contributed by atoms with van der Waals surface area (Å²) in [6.07, 6.45) is 2.72. The molecule has 0 aliphatic carbocycles. The van der Waals surface area contributed by atoms with Crippen molar-refractivity contribution in [2.75, 3.05) is 7.11 Å². The molecule has 0 fully saturated rings. The van der Waals surface area contributed by atoms with E-state index in [1.165, 1.54) is 17.6 Å². The number of hydrogen-bond acceptors (Lipinski definition) is 5.